The van der Waals surface area contributed by atoms with Gasteiger partial charge < -0.3 is 5.32 Å². The summed E-state index contributed by atoms with van der Waals surface area (Å²) in [5.41, 5.74) is 4.78. The molecule has 0 aliphatic heterocycles. The van der Waals surface area contributed by atoms with Crippen LogP contribution in [0.2, 0.25) is 0 Å². The summed E-state index contributed by atoms with van der Waals surface area (Å²) in [6.45, 7) is 3.17. The van der Waals surface area contributed by atoms with Gasteiger partial charge >= 0.3 is 0 Å². The topological polar surface area (TPSA) is 37.8 Å². The van der Waals surface area contributed by atoms with Crippen LogP contribution >= 0.6 is 23.1 Å². The summed E-state index contributed by atoms with van der Waals surface area (Å²) < 4.78 is 1.08. The van der Waals surface area contributed by atoms with Gasteiger partial charge in [-0.15, -0.1) is 10.2 Å². The molecule has 1 aromatic heterocycles. The van der Waals surface area contributed by atoms with Gasteiger partial charge in [0.15, 0.2) is 4.34 Å². The molecule has 5 heteroatoms. The van der Waals surface area contributed by atoms with E-state index in [1.165, 1.54) is 30.4 Å². The molecular weight excluding hydrogens is 286 g/mol. The van der Waals surface area contributed by atoms with Crippen molar-refractivity contribution in [3.63, 3.8) is 0 Å². The summed E-state index contributed by atoms with van der Waals surface area (Å²) >= 11 is 3.52. The Morgan fingerprint density at radius 2 is 2.30 bits per heavy atom. The molecule has 1 aliphatic rings. The van der Waals surface area contributed by atoms with Gasteiger partial charge in [0.1, 0.15) is 5.51 Å². The molecule has 1 aromatic carbocycles. The first kappa shape index (κ1) is 14.0. The molecular formula is C15H19N3S2. The monoisotopic (exact) mass is 305 g/mol. The summed E-state index contributed by atoms with van der Waals surface area (Å²) in [6, 6.07) is 9.27. The van der Waals surface area contributed by atoms with Crippen molar-refractivity contribution in [1.82, 2.24) is 15.5 Å². The smallest absolute Gasteiger partial charge is 0.174 e. The Labute approximate surface area is 128 Å². The second kappa shape index (κ2) is 6.70. The molecule has 1 aliphatic carbocycles. The van der Waals surface area contributed by atoms with Gasteiger partial charge in [0, 0.05) is 11.3 Å². The van der Waals surface area contributed by atoms with Crippen LogP contribution < -0.4 is 5.32 Å². The van der Waals surface area contributed by atoms with Gasteiger partial charge in [-0.3, -0.25) is 0 Å². The van der Waals surface area contributed by atoms with Crippen molar-refractivity contribution in [1.29, 1.82) is 0 Å². The summed E-state index contributed by atoms with van der Waals surface area (Å²) in [5.74, 6) is 0. The van der Waals surface area contributed by atoms with Crippen LogP contribution in [0, 0.1) is 0 Å². The Morgan fingerprint density at radius 1 is 1.40 bits per heavy atom. The van der Waals surface area contributed by atoms with Crippen molar-refractivity contribution in [2.75, 3.05) is 6.54 Å². The minimum Gasteiger partial charge on any atom is -0.309 e. The molecule has 3 nitrogen and oxygen atoms in total. The zero-order valence-corrected chi connectivity index (χ0v) is 13.2. The molecule has 0 fully saturated rings. The Morgan fingerprint density at radius 3 is 3.10 bits per heavy atom. The molecule has 0 saturated heterocycles. The highest BCUT2D eigenvalue weighted by Gasteiger charge is 2.28. The average Bonchev–Trinajstić information content (AvgIpc) is 2.91. The van der Waals surface area contributed by atoms with E-state index in [0.29, 0.717) is 11.3 Å². The molecule has 0 bridgehead atoms. The lowest BCUT2D eigenvalue weighted by atomic mass is 9.99. The van der Waals surface area contributed by atoms with Crippen LogP contribution in [0.15, 0.2) is 34.1 Å². The summed E-state index contributed by atoms with van der Waals surface area (Å²) in [6.07, 6.45) is 3.65. The van der Waals surface area contributed by atoms with E-state index in [-0.39, 0.29) is 0 Å². The molecule has 3 rings (SSSR count). The molecule has 0 saturated carbocycles. The third-order valence-electron chi connectivity index (χ3n) is 3.71. The van der Waals surface area contributed by atoms with Crippen molar-refractivity contribution in [3.05, 3.63) is 40.9 Å². The average molecular weight is 305 g/mol. The minimum atomic E-state index is 0.410. The number of aromatic nitrogens is 2. The Hall–Kier alpha value is -0.910. The maximum absolute atomic E-state index is 4.20. The van der Waals surface area contributed by atoms with Gasteiger partial charge in [-0.2, -0.15) is 0 Å². The Kier molecular flexibility index (Phi) is 4.70. The largest absolute Gasteiger partial charge is 0.309 e. The number of nitrogens with one attached hydrogen (secondary N) is 1. The number of fused-ring (bicyclic) bond motifs is 1. The van der Waals surface area contributed by atoms with Crippen molar-refractivity contribution in [2.45, 2.75) is 41.8 Å². The zero-order chi connectivity index (χ0) is 13.8. The highest BCUT2D eigenvalue weighted by molar-refractivity contribution is 8.01. The van der Waals surface area contributed by atoms with E-state index < -0.39 is 0 Å². The molecule has 2 atom stereocenters. The molecule has 0 spiro atoms. The maximum atomic E-state index is 4.20. The number of hydrogen-bond acceptors (Lipinski definition) is 5. The van der Waals surface area contributed by atoms with Crippen LogP contribution in [0.4, 0.5) is 0 Å². The van der Waals surface area contributed by atoms with Crippen molar-refractivity contribution < 1.29 is 0 Å². The van der Waals surface area contributed by atoms with E-state index in [4.69, 9.17) is 0 Å². The van der Waals surface area contributed by atoms with Crippen LogP contribution in [0.25, 0.3) is 0 Å². The molecule has 2 unspecified atom stereocenters. The fourth-order valence-corrected chi connectivity index (χ4v) is 4.88. The maximum Gasteiger partial charge on any atom is 0.174 e. The quantitative estimate of drug-likeness (QED) is 0.874. The molecule has 20 heavy (non-hydrogen) atoms. The second-order valence-electron chi connectivity index (χ2n) is 4.99. The minimum absolute atomic E-state index is 0.410. The predicted octanol–water partition coefficient (Wildman–Crippen LogP) is 3.69. The number of nitrogens with zero attached hydrogens (tertiary/aromatic N) is 2. The zero-order valence-electron chi connectivity index (χ0n) is 11.6. The van der Waals surface area contributed by atoms with Crippen LogP contribution in [0.5, 0.6) is 0 Å². The van der Waals surface area contributed by atoms with Crippen molar-refractivity contribution in [2.24, 2.45) is 0 Å². The number of thioether (sulfide) groups is 1. The molecule has 2 aromatic rings. The predicted molar refractivity (Wildman–Crippen MR) is 85.4 cm³/mol. The number of hydrogen-bond donors (Lipinski definition) is 1. The van der Waals surface area contributed by atoms with Gasteiger partial charge in [0.05, 0.1) is 0 Å². The van der Waals surface area contributed by atoms with Crippen LogP contribution in [-0.4, -0.2) is 22.0 Å². The molecule has 0 amide bonds. The first-order chi connectivity index (χ1) is 9.88. The SMILES string of the molecule is CCNC1c2ccccc2CCCC1Sc1nncs1. The van der Waals surface area contributed by atoms with E-state index in [0.717, 1.165) is 10.9 Å². The summed E-state index contributed by atoms with van der Waals surface area (Å²) in [7, 11) is 0. The Balaban J connectivity index is 1.89. The van der Waals surface area contributed by atoms with Crippen LogP contribution in [0.1, 0.15) is 36.9 Å². The van der Waals surface area contributed by atoms with E-state index in [1.54, 1.807) is 11.3 Å². The number of aryl methyl sites for hydroxylation is 1. The van der Waals surface area contributed by atoms with Gasteiger partial charge in [0.25, 0.3) is 0 Å². The first-order valence-electron chi connectivity index (χ1n) is 7.12. The molecule has 0 radical (unpaired) electrons. The van der Waals surface area contributed by atoms with E-state index in [9.17, 15) is 0 Å². The Bertz CT molecular complexity index is 542. The molecule has 1 N–H and O–H groups in total. The van der Waals surface area contributed by atoms with E-state index in [1.807, 2.05) is 17.3 Å². The summed E-state index contributed by atoms with van der Waals surface area (Å²) in [5, 5.41) is 12.4. The fraction of sp³-hybridized carbons (Fsp3) is 0.467. The molecule has 1 heterocycles. The van der Waals surface area contributed by atoms with E-state index in [2.05, 4.69) is 46.7 Å². The lowest BCUT2D eigenvalue weighted by Crippen LogP contribution is -2.29. The third-order valence-corrected chi connectivity index (χ3v) is 5.87. The highest BCUT2D eigenvalue weighted by atomic mass is 32.2. The fourth-order valence-electron chi connectivity index (χ4n) is 2.86. The summed E-state index contributed by atoms with van der Waals surface area (Å²) in [4.78, 5) is 0. The lowest BCUT2D eigenvalue weighted by Gasteiger charge is -2.26. The van der Waals surface area contributed by atoms with Crippen LogP contribution in [-0.2, 0) is 6.42 Å². The number of rotatable bonds is 4. The lowest BCUT2D eigenvalue weighted by molar-refractivity contribution is 0.516. The van der Waals surface area contributed by atoms with Gasteiger partial charge in [-0.1, -0.05) is 54.3 Å². The third kappa shape index (κ3) is 3.05. The van der Waals surface area contributed by atoms with Crippen molar-refractivity contribution >= 4 is 23.1 Å². The van der Waals surface area contributed by atoms with Gasteiger partial charge in [-0.25, -0.2) is 0 Å². The van der Waals surface area contributed by atoms with Crippen LogP contribution in [0.3, 0.4) is 0 Å². The van der Waals surface area contributed by atoms with Gasteiger partial charge in [-0.05, 0) is 36.9 Å². The normalized spacial score (nSPS) is 22.2. The van der Waals surface area contributed by atoms with E-state index >= 15 is 0 Å². The number of benzene rings is 1. The highest BCUT2D eigenvalue weighted by Crippen LogP contribution is 2.39. The second-order valence-corrected chi connectivity index (χ2v) is 7.31. The van der Waals surface area contributed by atoms with Crippen molar-refractivity contribution in [3.8, 4) is 0 Å². The van der Waals surface area contributed by atoms with Gasteiger partial charge in [0.2, 0.25) is 0 Å². The molecule has 106 valence electrons. The first-order valence-corrected chi connectivity index (χ1v) is 8.88. The standard InChI is InChI=1S/C15H19N3S2/c1-2-16-14-12-8-4-3-6-11(12)7-5-9-13(14)20-15-18-17-10-19-15/h3-4,6,8,10,13-14,16H,2,5,7,9H2,1H3.